The summed E-state index contributed by atoms with van der Waals surface area (Å²) in [7, 11) is 4.06. The van der Waals surface area contributed by atoms with Crippen LogP contribution in [0.25, 0.3) is 11.4 Å². The first-order valence-corrected chi connectivity index (χ1v) is 9.69. The van der Waals surface area contributed by atoms with Crippen LogP contribution in [0.5, 0.6) is 0 Å². The number of hydrogen-bond acceptors (Lipinski definition) is 2. The minimum Gasteiger partial charge on any atom is -0.233 e. The number of nitriles is 1. The number of aromatic nitrogens is 2. The monoisotopic (exact) mass is 377 g/mol. The number of benzene rings is 1. The van der Waals surface area contributed by atoms with Gasteiger partial charge in [-0.3, -0.25) is 0 Å². The van der Waals surface area contributed by atoms with Crippen molar-refractivity contribution in [1.82, 2.24) is 4.57 Å². The smallest absolute Gasteiger partial charge is 0.233 e. The van der Waals surface area contributed by atoms with Crippen LogP contribution in [0.15, 0.2) is 29.5 Å². The van der Waals surface area contributed by atoms with Crippen LogP contribution in [-0.4, -0.2) is 26.4 Å². The predicted octanol–water partition coefficient (Wildman–Crippen LogP) is 3.71. The van der Waals surface area contributed by atoms with Crippen molar-refractivity contribution in [3.8, 4) is 17.5 Å². The topological polar surface area (TPSA) is 48.0 Å². The molecule has 2 heterocycles. The van der Waals surface area contributed by atoms with Gasteiger partial charge in [0, 0.05) is 0 Å². The maximum absolute atomic E-state index is 9.76. The molecule has 28 heavy (non-hydrogen) atoms. The molecule has 1 aromatic heterocycles. The molecule has 0 saturated carbocycles. The molecule has 1 aromatic carbocycles. The summed E-state index contributed by atoms with van der Waals surface area (Å²) in [5.41, 5.74) is 3.60. The fourth-order valence-corrected chi connectivity index (χ4v) is 3.75. The number of imidazole rings is 1. The molecular weight excluding hydrogens is 346 g/mol. The van der Waals surface area contributed by atoms with E-state index in [1.165, 1.54) is 0 Å². The van der Waals surface area contributed by atoms with Gasteiger partial charge in [0.25, 0.3) is 11.7 Å². The molecule has 0 radical (unpaired) electrons. The van der Waals surface area contributed by atoms with Crippen LogP contribution in [0.2, 0.25) is 0 Å². The Morgan fingerprint density at radius 3 is 2.21 bits per heavy atom. The second-order valence-corrected chi connectivity index (χ2v) is 9.67. The maximum atomic E-state index is 9.76. The molecule has 0 bridgehead atoms. The largest absolute Gasteiger partial charge is 0.288 e. The summed E-state index contributed by atoms with van der Waals surface area (Å²) >= 11 is 0. The van der Waals surface area contributed by atoms with Gasteiger partial charge in [-0.2, -0.15) is 5.26 Å². The Labute approximate surface area is 168 Å². The van der Waals surface area contributed by atoms with E-state index < -0.39 is 0 Å². The van der Waals surface area contributed by atoms with Gasteiger partial charge in [-0.1, -0.05) is 25.8 Å². The van der Waals surface area contributed by atoms with Gasteiger partial charge in [0.15, 0.2) is 0 Å². The summed E-state index contributed by atoms with van der Waals surface area (Å²) in [6.07, 6.45) is 4.06. The number of hydrogen-bond donors (Lipinski definition) is 0. The molecule has 1 aliphatic heterocycles. The molecule has 0 unspecified atom stereocenters. The lowest BCUT2D eigenvalue weighted by molar-refractivity contribution is -0.659. The molecule has 1 aliphatic rings. The highest BCUT2D eigenvalue weighted by Crippen LogP contribution is 2.32. The molecule has 146 valence electrons. The Bertz CT molecular complexity index is 1040. The Balaban J connectivity index is 2.27. The molecule has 0 N–H and O–H groups in total. The second kappa shape index (κ2) is 6.41. The van der Waals surface area contributed by atoms with Crippen molar-refractivity contribution in [3.05, 3.63) is 41.2 Å². The van der Waals surface area contributed by atoms with E-state index in [2.05, 4.69) is 67.4 Å². The molecule has 3 rings (SSSR count). The summed E-state index contributed by atoms with van der Waals surface area (Å²) in [5.74, 6) is 3.09. The number of rotatable bonds is 2. The SMILES string of the molecule is Cc1c(C#N)cc(C2=[N+](C(C)(C)C)C(C(C)(C)C)=N2)cc1-c1n(C)cc[n+]1C. The predicted molar refractivity (Wildman–Crippen MR) is 112 cm³/mol. The lowest BCUT2D eigenvalue weighted by Gasteiger charge is -2.35. The van der Waals surface area contributed by atoms with Crippen molar-refractivity contribution in [3.63, 3.8) is 0 Å². The van der Waals surface area contributed by atoms with E-state index in [1.807, 2.05) is 39.5 Å². The van der Waals surface area contributed by atoms with Gasteiger partial charge in [0.1, 0.15) is 12.4 Å². The van der Waals surface area contributed by atoms with Crippen molar-refractivity contribution in [1.29, 1.82) is 5.26 Å². The number of nitrogens with zero attached hydrogens (tertiary/aromatic N) is 5. The first-order chi connectivity index (χ1) is 12.9. The molecular formula is C23H31N5+2. The second-order valence-electron chi connectivity index (χ2n) is 9.67. The quantitative estimate of drug-likeness (QED) is 0.736. The van der Waals surface area contributed by atoms with Crippen LogP contribution in [-0.2, 0) is 14.1 Å². The zero-order valence-corrected chi connectivity index (χ0v) is 18.5. The lowest BCUT2D eigenvalue weighted by atomic mass is 9.89. The molecule has 5 nitrogen and oxygen atoms in total. The van der Waals surface area contributed by atoms with Gasteiger partial charge < -0.3 is 0 Å². The Morgan fingerprint density at radius 2 is 1.75 bits per heavy atom. The van der Waals surface area contributed by atoms with Gasteiger partial charge in [-0.05, 0) is 45.4 Å². The summed E-state index contributed by atoms with van der Waals surface area (Å²) in [6, 6.07) is 6.52. The molecule has 0 amide bonds. The molecule has 0 spiro atoms. The first-order valence-electron chi connectivity index (χ1n) is 9.69. The van der Waals surface area contributed by atoms with E-state index in [0.717, 1.165) is 34.2 Å². The third kappa shape index (κ3) is 3.17. The highest BCUT2D eigenvalue weighted by molar-refractivity contribution is 6.11. The highest BCUT2D eigenvalue weighted by atomic mass is 15.3. The Kier molecular flexibility index (Phi) is 4.58. The number of aliphatic imine (C=N–C) groups is 1. The zero-order valence-electron chi connectivity index (χ0n) is 18.5. The van der Waals surface area contributed by atoms with Crippen LogP contribution in [0.4, 0.5) is 0 Å². The van der Waals surface area contributed by atoms with Gasteiger partial charge in [0.2, 0.25) is 5.84 Å². The van der Waals surface area contributed by atoms with E-state index in [9.17, 15) is 5.26 Å². The minimum absolute atomic E-state index is 0.0348. The van der Waals surface area contributed by atoms with E-state index in [0.29, 0.717) is 5.56 Å². The van der Waals surface area contributed by atoms with E-state index in [-0.39, 0.29) is 11.0 Å². The van der Waals surface area contributed by atoms with Crippen LogP contribution >= 0.6 is 0 Å². The fourth-order valence-electron chi connectivity index (χ4n) is 3.75. The van der Waals surface area contributed by atoms with Crippen molar-refractivity contribution in [2.45, 2.75) is 54.0 Å². The Morgan fingerprint density at radius 1 is 1.11 bits per heavy atom. The molecule has 0 aliphatic carbocycles. The molecule has 2 aromatic rings. The van der Waals surface area contributed by atoms with Gasteiger partial charge in [-0.15, -0.1) is 0 Å². The van der Waals surface area contributed by atoms with Crippen LogP contribution in [0.1, 0.15) is 58.2 Å². The Hall–Kier alpha value is -2.74. The lowest BCUT2D eigenvalue weighted by Crippen LogP contribution is -2.52. The van der Waals surface area contributed by atoms with Gasteiger partial charge in [0.05, 0.1) is 47.8 Å². The van der Waals surface area contributed by atoms with E-state index >= 15 is 0 Å². The van der Waals surface area contributed by atoms with Crippen molar-refractivity contribution in [2.75, 3.05) is 0 Å². The number of aryl methyl sites for hydroxylation is 2. The van der Waals surface area contributed by atoms with E-state index in [4.69, 9.17) is 4.99 Å². The minimum atomic E-state index is -0.0901. The highest BCUT2D eigenvalue weighted by Gasteiger charge is 2.44. The average Bonchev–Trinajstić information content (AvgIpc) is 2.83. The average molecular weight is 378 g/mol. The maximum Gasteiger partial charge on any atom is 0.288 e. The third-order valence-electron chi connectivity index (χ3n) is 5.19. The standard InChI is InChI=1S/C23H31N5/c1-15-17(14-24)12-16(13-18(15)20-26(8)10-11-27(20)9)19-25-21(22(2,3)4)28(19)23(5,6)7/h10-13H,1-9H3/q+2. The summed E-state index contributed by atoms with van der Waals surface area (Å²) in [6.45, 7) is 15.2. The summed E-state index contributed by atoms with van der Waals surface area (Å²) in [4.78, 5) is 4.92. The van der Waals surface area contributed by atoms with Crippen molar-refractivity contribution < 1.29 is 9.14 Å². The number of amidine groups is 2. The van der Waals surface area contributed by atoms with Crippen LogP contribution < -0.4 is 4.57 Å². The van der Waals surface area contributed by atoms with Crippen molar-refractivity contribution >= 4 is 11.7 Å². The molecule has 5 heteroatoms. The first kappa shape index (κ1) is 20.0. The van der Waals surface area contributed by atoms with Crippen LogP contribution in [0, 0.1) is 23.7 Å². The summed E-state index contributed by atoms with van der Waals surface area (Å²) < 4.78 is 6.49. The van der Waals surface area contributed by atoms with Gasteiger partial charge in [-0.25, -0.2) is 13.7 Å². The molecule has 0 fully saturated rings. The molecule has 0 saturated heterocycles. The van der Waals surface area contributed by atoms with Crippen LogP contribution in [0.3, 0.4) is 0 Å². The fraction of sp³-hybridized carbons (Fsp3) is 0.478. The third-order valence-corrected chi connectivity index (χ3v) is 5.19. The zero-order chi connectivity index (χ0) is 21.0. The molecule has 0 atom stereocenters. The summed E-state index contributed by atoms with van der Waals surface area (Å²) in [5, 5.41) is 9.76. The van der Waals surface area contributed by atoms with Gasteiger partial charge >= 0.3 is 0 Å². The van der Waals surface area contributed by atoms with Crippen molar-refractivity contribution in [2.24, 2.45) is 24.5 Å². The van der Waals surface area contributed by atoms with E-state index in [1.54, 1.807) is 0 Å². The normalized spacial score (nSPS) is 14.6.